The van der Waals surface area contributed by atoms with Gasteiger partial charge in [0.15, 0.2) is 9.84 Å². The van der Waals surface area contributed by atoms with Gasteiger partial charge < -0.3 is 16.0 Å². The van der Waals surface area contributed by atoms with Gasteiger partial charge in [0.1, 0.15) is 5.41 Å². The average molecular weight is 331 g/mol. The van der Waals surface area contributed by atoms with Crippen LogP contribution in [0.4, 0.5) is 0 Å². The van der Waals surface area contributed by atoms with E-state index in [2.05, 4.69) is 10.2 Å². The van der Waals surface area contributed by atoms with Gasteiger partial charge in [0.05, 0.1) is 11.5 Å². The lowest BCUT2D eigenvalue weighted by Gasteiger charge is -2.23. The molecule has 2 heterocycles. The molecule has 2 atom stereocenters. The predicted octanol–water partition coefficient (Wildman–Crippen LogP) is -0.877. The minimum absolute atomic E-state index is 0.0101. The molecule has 7 nitrogen and oxygen atoms in total. The SMILES string of the molecule is CC(C)(C(N)=O)C(=O)N[C@H]1CCN(CC2CCS(=O)(=O)C2)C1. The number of hydrogen-bond acceptors (Lipinski definition) is 5. The van der Waals surface area contributed by atoms with E-state index in [0.717, 1.165) is 25.9 Å². The van der Waals surface area contributed by atoms with E-state index in [9.17, 15) is 18.0 Å². The summed E-state index contributed by atoms with van der Waals surface area (Å²) in [7, 11) is -2.85. The van der Waals surface area contributed by atoms with Crippen molar-refractivity contribution in [1.82, 2.24) is 10.2 Å². The summed E-state index contributed by atoms with van der Waals surface area (Å²) in [5.74, 6) is -0.235. The molecule has 0 bridgehead atoms. The first-order valence-corrected chi connectivity index (χ1v) is 9.46. The molecule has 2 aliphatic rings. The highest BCUT2D eigenvalue weighted by atomic mass is 32.2. The van der Waals surface area contributed by atoms with E-state index in [1.165, 1.54) is 13.8 Å². The molecule has 0 aliphatic carbocycles. The maximum absolute atomic E-state index is 12.1. The predicted molar refractivity (Wildman–Crippen MR) is 82.7 cm³/mol. The first-order chi connectivity index (χ1) is 10.1. The van der Waals surface area contributed by atoms with Crippen LogP contribution in [0.3, 0.4) is 0 Å². The van der Waals surface area contributed by atoms with Crippen LogP contribution in [0.1, 0.15) is 26.7 Å². The summed E-state index contributed by atoms with van der Waals surface area (Å²) in [6.45, 7) is 5.31. The van der Waals surface area contributed by atoms with Gasteiger partial charge >= 0.3 is 0 Å². The van der Waals surface area contributed by atoms with Gasteiger partial charge in [-0.3, -0.25) is 9.59 Å². The van der Waals surface area contributed by atoms with Gasteiger partial charge in [-0.05, 0) is 32.6 Å². The molecule has 0 saturated carbocycles. The summed E-state index contributed by atoms with van der Waals surface area (Å²) < 4.78 is 23.0. The number of primary amides is 1. The highest BCUT2D eigenvalue weighted by molar-refractivity contribution is 7.91. The zero-order valence-corrected chi connectivity index (χ0v) is 14.0. The molecule has 0 radical (unpaired) electrons. The van der Waals surface area contributed by atoms with Crippen LogP contribution >= 0.6 is 0 Å². The van der Waals surface area contributed by atoms with Crippen LogP contribution in [0, 0.1) is 11.3 Å². The summed E-state index contributed by atoms with van der Waals surface area (Å²) in [4.78, 5) is 25.6. The normalized spacial score (nSPS) is 28.6. The average Bonchev–Trinajstić information content (AvgIpc) is 2.96. The van der Waals surface area contributed by atoms with Gasteiger partial charge in [0, 0.05) is 25.7 Å². The lowest BCUT2D eigenvalue weighted by atomic mass is 9.91. The Bertz CT molecular complexity index is 558. The zero-order valence-electron chi connectivity index (χ0n) is 13.2. The fourth-order valence-electron chi connectivity index (χ4n) is 2.98. The van der Waals surface area contributed by atoms with E-state index in [-0.39, 0.29) is 23.6 Å². The highest BCUT2D eigenvalue weighted by Crippen LogP contribution is 2.22. The van der Waals surface area contributed by atoms with Gasteiger partial charge in [-0.1, -0.05) is 0 Å². The molecule has 126 valence electrons. The van der Waals surface area contributed by atoms with Gasteiger partial charge in [0.2, 0.25) is 11.8 Å². The molecule has 1 unspecified atom stereocenters. The third-order valence-corrected chi connectivity index (χ3v) is 6.47. The number of rotatable bonds is 5. The Labute approximate surface area is 131 Å². The van der Waals surface area contributed by atoms with Gasteiger partial charge in [-0.25, -0.2) is 8.42 Å². The fraction of sp³-hybridized carbons (Fsp3) is 0.857. The molecule has 0 aromatic heterocycles. The maximum Gasteiger partial charge on any atom is 0.235 e. The molecule has 8 heteroatoms. The van der Waals surface area contributed by atoms with Crippen molar-refractivity contribution in [1.29, 1.82) is 0 Å². The molecule has 2 fully saturated rings. The van der Waals surface area contributed by atoms with Crippen molar-refractivity contribution in [3.8, 4) is 0 Å². The molecular formula is C14H25N3O4S. The summed E-state index contributed by atoms with van der Waals surface area (Å²) in [6.07, 6.45) is 1.53. The van der Waals surface area contributed by atoms with Crippen molar-refractivity contribution in [3.05, 3.63) is 0 Å². The number of amides is 2. The molecule has 2 rings (SSSR count). The second-order valence-corrected chi connectivity index (χ2v) is 9.21. The third-order valence-electron chi connectivity index (χ3n) is 4.63. The van der Waals surface area contributed by atoms with E-state index in [1.54, 1.807) is 0 Å². The first kappa shape index (κ1) is 17.2. The standard InChI is InChI=1S/C14H25N3O4S/c1-14(2,12(15)18)13(19)16-11-3-5-17(8-11)7-10-4-6-22(20,21)9-10/h10-11H,3-9H2,1-2H3,(H2,15,18)(H,16,19)/t10?,11-/m0/s1. The smallest absolute Gasteiger partial charge is 0.235 e. The molecular weight excluding hydrogens is 306 g/mol. The van der Waals surface area contributed by atoms with Crippen molar-refractivity contribution in [2.45, 2.75) is 32.7 Å². The number of hydrogen-bond donors (Lipinski definition) is 2. The largest absolute Gasteiger partial charge is 0.369 e. The van der Waals surface area contributed by atoms with Gasteiger partial charge in [-0.2, -0.15) is 0 Å². The molecule has 3 N–H and O–H groups in total. The quantitative estimate of drug-likeness (QED) is 0.636. The Morgan fingerprint density at radius 2 is 2.00 bits per heavy atom. The molecule has 0 aromatic carbocycles. The van der Waals surface area contributed by atoms with Crippen molar-refractivity contribution in [2.24, 2.45) is 17.1 Å². The Hall–Kier alpha value is -1.15. The van der Waals surface area contributed by atoms with E-state index >= 15 is 0 Å². The van der Waals surface area contributed by atoms with E-state index in [4.69, 9.17) is 5.73 Å². The minimum Gasteiger partial charge on any atom is -0.369 e. The summed E-state index contributed by atoms with van der Waals surface area (Å²) in [5, 5.41) is 2.87. The Balaban J connectivity index is 1.81. The van der Waals surface area contributed by atoms with E-state index < -0.39 is 21.2 Å². The summed E-state index contributed by atoms with van der Waals surface area (Å²) >= 11 is 0. The maximum atomic E-state index is 12.1. The fourth-order valence-corrected chi connectivity index (χ4v) is 4.82. The van der Waals surface area contributed by atoms with Crippen LogP contribution in [0.2, 0.25) is 0 Å². The summed E-state index contributed by atoms with van der Waals surface area (Å²) in [5.41, 5.74) is 4.02. The molecule has 0 spiro atoms. The molecule has 0 aromatic rings. The van der Waals surface area contributed by atoms with Crippen LogP contribution in [0.5, 0.6) is 0 Å². The monoisotopic (exact) mass is 331 g/mol. The Kier molecular flexibility index (Phi) is 4.81. The lowest BCUT2D eigenvalue weighted by molar-refractivity contribution is -0.139. The lowest BCUT2D eigenvalue weighted by Crippen LogP contribution is -2.49. The van der Waals surface area contributed by atoms with Crippen molar-refractivity contribution < 1.29 is 18.0 Å². The van der Waals surface area contributed by atoms with Crippen molar-refractivity contribution in [3.63, 3.8) is 0 Å². The number of nitrogens with zero attached hydrogens (tertiary/aromatic N) is 1. The van der Waals surface area contributed by atoms with Gasteiger partial charge in [0.25, 0.3) is 0 Å². The Morgan fingerprint density at radius 1 is 1.32 bits per heavy atom. The van der Waals surface area contributed by atoms with Crippen LogP contribution in [0.15, 0.2) is 0 Å². The van der Waals surface area contributed by atoms with E-state index in [0.29, 0.717) is 12.3 Å². The first-order valence-electron chi connectivity index (χ1n) is 7.64. The second kappa shape index (κ2) is 6.16. The second-order valence-electron chi connectivity index (χ2n) is 6.98. The number of nitrogens with one attached hydrogen (secondary N) is 1. The van der Waals surface area contributed by atoms with Crippen molar-refractivity contribution in [2.75, 3.05) is 31.1 Å². The molecule has 2 saturated heterocycles. The van der Waals surface area contributed by atoms with Gasteiger partial charge in [-0.15, -0.1) is 0 Å². The number of carbonyl (C=O) groups is 2. The summed E-state index contributed by atoms with van der Waals surface area (Å²) in [6, 6.07) is -0.0101. The topological polar surface area (TPSA) is 110 Å². The van der Waals surface area contributed by atoms with Crippen LogP contribution in [-0.2, 0) is 19.4 Å². The van der Waals surface area contributed by atoms with Crippen LogP contribution in [0.25, 0.3) is 0 Å². The van der Waals surface area contributed by atoms with Crippen molar-refractivity contribution >= 4 is 21.7 Å². The third kappa shape index (κ3) is 3.98. The molecule has 2 aliphatic heterocycles. The van der Waals surface area contributed by atoms with Crippen LogP contribution < -0.4 is 11.1 Å². The number of sulfone groups is 1. The Morgan fingerprint density at radius 3 is 2.55 bits per heavy atom. The van der Waals surface area contributed by atoms with E-state index in [1.807, 2.05) is 0 Å². The number of nitrogens with two attached hydrogens (primary N) is 1. The number of likely N-dealkylation sites (tertiary alicyclic amines) is 1. The molecule has 22 heavy (non-hydrogen) atoms. The highest BCUT2D eigenvalue weighted by Gasteiger charge is 2.37. The zero-order chi connectivity index (χ0) is 16.5. The number of carbonyl (C=O) groups excluding carboxylic acids is 2. The molecule has 2 amide bonds. The van der Waals surface area contributed by atoms with Crippen LogP contribution in [-0.4, -0.2) is 62.3 Å². The minimum atomic E-state index is -2.85.